The van der Waals surface area contributed by atoms with Gasteiger partial charge in [-0.1, -0.05) is 24.3 Å². The summed E-state index contributed by atoms with van der Waals surface area (Å²) in [5.74, 6) is -4.53. The smallest absolute Gasteiger partial charge is 0.323 e. The molecule has 0 radical (unpaired) electrons. The lowest BCUT2D eigenvalue weighted by molar-refractivity contribution is -0.158. The molecule has 0 saturated carbocycles. The third-order valence-electron chi connectivity index (χ3n) is 4.66. The molecule has 1 heterocycles. The first-order valence-electron chi connectivity index (χ1n) is 9.30. The molecule has 2 rings (SSSR count). The van der Waals surface area contributed by atoms with Crippen LogP contribution in [0.3, 0.4) is 0 Å². The average molecular weight is 433 g/mol. The number of nitrogen functional groups attached to an aromatic ring is 1. The Kier molecular flexibility index (Phi) is 7.66. The van der Waals surface area contributed by atoms with Gasteiger partial charge in [-0.15, -0.1) is 0 Å². The van der Waals surface area contributed by atoms with E-state index in [2.05, 4.69) is 5.32 Å². The van der Waals surface area contributed by atoms with Crippen molar-refractivity contribution in [3.8, 4) is 0 Å². The van der Waals surface area contributed by atoms with E-state index in [1.807, 2.05) is 0 Å². The standard InChI is InChI=1S/C19H23N5O7/c20-18(21)12-3-1-11(2-4-12)7-14(25)22-9-15(26)24-6-5-23(10-17(29)30)19(31)13(24)8-16(27)28/h1-4,13H,5-10H2,(H3,20,21)(H,22,25)(H,27,28)(H,29,30)/t13-/m0/s1. The minimum atomic E-state index is -1.34. The van der Waals surface area contributed by atoms with Crippen molar-refractivity contribution >= 4 is 35.5 Å². The van der Waals surface area contributed by atoms with Gasteiger partial charge < -0.3 is 31.1 Å². The molecule has 1 aromatic carbocycles. The lowest BCUT2D eigenvalue weighted by atomic mass is 10.1. The SMILES string of the molecule is N=C(N)c1ccc(CC(=O)NCC(=O)N2CCN(CC(=O)O)C(=O)[C@@H]2CC(=O)O)cc1. The Bertz CT molecular complexity index is 899. The van der Waals surface area contributed by atoms with Crippen LogP contribution in [0.15, 0.2) is 24.3 Å². The summed E-state index contributed by atoms with van der Waals surface area (Å²) in [6.45, 7) is -1.12. The Balaban J connectivity index is 1.96. The number of nitrogens with two attached hydrogens (primary N) is 1. The maximum Gasteiger partial charge on any atom is 0.323 e. The average Bonchev–Trinajstić information content (AvgIpc) is 2.69. The van der Waals surface area contributed by atoms with Crippen molar-refractivity contribution in [1.82, 2.24) is 15.1 Å². The van der Waals surface area contributed by atoms with Crippen LogP contribution < -0.4 is 11.1 Å². The quantitative estimate of drug-likeness (QED) is 0.223. The van der Waals surface area contributed by atoms with E-state index in [1.54, 1.807) is 24.3 Å². The van der Waals surface area contributed by atoms with Crippen molar-refractivity contribution in [2.24, 2.45) is 5.73 Å². The van der Waals surface area contributed by atoms with Crippen LogP contribution in [-0.2, 0) is 30.4 Å². The topological polar surface area (TPSA) is 194 Å². The molecule has 0 aromatic heterocycles. The molecule has 166 valence electrons. The Morgan fingerprint density at radius 3 is 2.29 bits per heavy atom. The van der Waals surface area contributed by atoms with Gasteiger partial charge in [-0.25, -0.2) is 0 Å². The monoisotopic (exact) mass is 433 g/mol. The van der Waals surface area contributed by atoms with E-state index < -0.39 is 55.2 Å². The maximum atomic E-state index is 12.5. The minimum absolute atomic E-state index is 0.0324. The molecule has 12 nitrogen and oxygen atoms in total. The summed E-state index contributed by atoms with van der Waals surface area (Å²) >= 11 is 0. The van der Waals surface area contributed by atoms with Gasteiger partial charge in [-0.05, 0) is 5.56 Å². The summed E-state index contributed by atoms with van der Waals surface area (Å²) in [7, 11) is 0. The van der Waals surface area contributed by atoms with Crippen molar-refractivity contribution in [1.29, 1.82) is 5.41 Å². The molecule has 3 amide bonds. The third-order valence-corrected chi connectivity index (χ3v) is 4.66. The van der Waals surface area contributed by atoms with Gasteiger partial charge in [0.15, 0.2) is 0 Å². The van der Waals surface area contributed by atoms with Crippen LogP contribution in [0.25, 0.3) is 0 Å². The number of carbonyl (C=O) groups is 5. The molecule has 1 atom stereocenters. The fourth-order valence-electron chi connectivity index (χ4n) is 3.15. The lowest BCUT2D eigenvalue weighted by Crippen LogP contribution is -2.61. The summed E-state index contributed by atoms with van der Waals surface area (Å²) in [5.41, 5.74) is 6.51. The highest BCUT2D eigenvalue weighted by Gasteiger charge is 2.39. The van der Waals surface area contributed by atoms with Crippen molar-refractivity contribution in [3.05, 3.63) is 35.4 Å². The lowest BCUT2D eigenvalue weighted by Gasteiger charge is -2.39. The van der Waals surface area contributed by atoms with Crippen molar-refractivity contribution < 1.29 is 34.2 Å². The first-order valence-corrected chi connectivity index (χ1v) is 9.30. The second-order valence-electron chi connectivity index (χ2n) is 6.92. The highest BCUT2D eigenvalue weighted by atomic mass is 16.4. The number of carbonyl (C=O) groups excluding carboxylic acids is 3. The van der Waals surface area contributed by atoms with E-state index in [0.717, 1.165) is 9.80 Å². The predicted molar refractivity (Wildman–Crippen MR) is 106 cm³/mol. The van der Waals surface area contributed by atoms with E-state index in [9.17, 15) is 24.0 Å². The van der Waals surface area contributed by atoms with Gasteiger partial charge >= 0.3 is 11.9 Å². The molecule has 1 aliphatic rings. The summed E-state index contributed by atoms with van der Waals surface area (Å²) in [6, 6.07) is 5.10. The largest absolute Gasteiger partial charge is 0.481 e. The molecule has 6 N–H and O–H groups in total. The Labute approximate surface area is 177 Å². The number of amidine groups is 1. The van der Waals surface area contributed by atoms with Crippen molar-refractivity contribution in [2.45, 2.75) is 18.9 Å². The molecule has 0 bridgehead atoms. The number of aliphatic carboxylic acids is 2. The zero-order valence-electron chi connectivity index (χ0n) is 16.5. The first kappa shape index (κ1) is 23.3. The number of carboxylic acids is 2. The van der Waals surface area contributed by atoms with Gasteiger partial charge in [0, 0.05) is 18.7 Å². The molecule has 12 heteroatoms. The van der Waals surface area contributed by atoms with Gasteiger partial charge in [0.2, 0.25) is 17.7 Å². The fraction of sp³-hybridized carbons (Fsp3) is 0.368. The number of amides is 3. The van der Waals surface area contributed by atoms with Gasteiger partial charge in [0.05, 0.1) is 19.4 Å². The number of hydrogen-bond donors (Lipinski definition) is 5. The Morgan fingerprint density at radius 2 is 1.74 bits per heavy atom. The summed E-state index contributed by atoms with van der Waals surface area (Å²) in [5, 5.41) is 27.7. The molecular weight excluding hydrogens is 410 g/mol. The van der Waals surface area contributed by atoms with E-state index in [0.29, 0.717) is 11.1 Å². The molecule has 0 aliphatic carbocycles. The molecular formula is C19H23N5O7. The summed E-state index contributed by atoms with van der Waals surface area (Å²) < 4.78 is 0. The van der Waals surface area contributed by atoms with Crippen LogP contribution in [0.2, 0.25) is 0 Å². The third kappa shape index (κ3) is 6.52. The van der Waals surface area contributed by atoms with Crippen LogP contribution in [0.1, 0.15) is 17.5 Å². The number of piperazine rings is 1. The molecule has 1 aliphatic heterocycles. The van der Waals surface area contributed by atoms with Crippen LogP contribution in [0.4, 0.5) is 0 Å². The molecule has 1 aromatic rings. The van der Waals surface area contributed by atoms with Crippen molar-refractivity contribution in [2.75, 3.05) is 26.2 Å². The van der Waals surface area contributed by atoms with Gasteiger partial charge in [-0.3, -0.25) is 29.4 Å². The molecule has 31 heavy (non-hydrogen) atoms. The number of nitrogens with one attached hydrogen (secondary N) is 2. The molecule has 0 spiro atoms. The predicted octanol–water partition coefficient (Wildman–Crippen LogP) is -1.77. The van der Waals surface area contributed by atoms with Crippen LogP contribution in [0.5, 0.6) is 0 Å². The number of benzene rings is 1. The molecule has 0 unspecified atom stereocenters. The molecule has 1 fully saturated rings. The number of carboxylic acid groups (broad SMARTS) is 2. The Morgan fingerprint density at radius 1 is 1.10 bits per heavy atom. The molecule has 1 saturated heterocycles. The van der Waals surface area contributed by atoms with Crippen LogP contribution >= 0.6 is 0 Å². The highest BCUT2D eigenvalue weighted by Crippen LogP contribution is 2.15. The van der Waals surface area contributed by atoms with Crippen molar-refractivity contribution in [3.63, 3.8) is 0 Å². The second kappa shape index (κ2) is 10.2. The Hall–Kier alpha value is -3.96. The second-order valence-corrected chi connectivity index (χ2v) is 6.92. The van der Waals surface area contributed by atoms with E-state index in [1.165, 1.54) is 0 Å². The normalized spacial score (nSPS) is 16.0. The zero-order chi connectivity index (χ0) is 23.1. The van der Waals surface area contributed by atoms with Gasteiger partial charge in [0.1, 0.15) is 18.4 Å². The van der Waals surface area contributed by atoms with Crippen LogP contribution in [-0.4, -0.2) is 87.7 Å². The fourth-order valence-corrected chi connectivity index (χ4v) is 3.15. The highest BCUT2D eigenvalue weighted by molar-refractivity contribution is 5.95. The zero-order valence-corrected chi connectivity index (χ0v) is 16.5. The minimum Gasteiger partial charge on any atom is -0.481 e. The van der Waals surface area contributed by atoms with Gasteiger partial charge in [-0.2, -0.15) is 0 Å². The number of nitrogens with zero attached hydrogens (tertiary/aromatic N) is 2. The van der Waals surface area contributed by atoms with E-state index in [-0.39, 0.29) is 25.3 Å². The van der Waals surface area contributed by atoms with E-state index in [4.69, 9.17) is 21.4 Å². The van der Waals surface area contributed by atoms with E-state index >= 15 is 0 Å². The number of hydrogen-bond acceptors (Lipinski definition) is 6. The summed E-state index contributed by atoms with van der Waals surface area (Å²) in [4.78, 5) is 61.2. The van der Waals surface area contributed by atoms with Crippen LogP contribution in [0, 0.1) is 5.41 Å². The first-order chi connectivity index (χ1) is 14.6. The van der Waals surface area contributed by atoms with Gasteiger partial charge in [0.25, 0.3) is 0 Å². The number of rotatable bonds is 9. The summed E-state index contributed by atoms with van der Waals surface area (Å²) in [6.07, 6.45) is -0.702. The maximum absolute atomic E-state index is 12.5.